The second-order valence-electron chi connectivity index (χ2n) is 8.90. The van der Waals surface area contributed by atoms with Crippen LogP contribution in [0.3, 0.4) is 0 Å². The standard InChI is InChI=1S/C32H27BrFN3O3S/c1-2-29(32(40)36-27-14-7-6-13-26(27)34)41-25-12-8-11-24(20-25)35-31(39)28(19-21-15-17-23(33)18-16-21)37-30(38)22-9-4-3-5-10-22/h3-20,29H,2H2,1H3,(H,35,39)(H,36,40)(H,37,38)/b28-19-. The van der Waals surface area contributed by atoms with Gasteiger partial charge in [0.05, 0.1) is 10.9 Å². The van der Waals surface area contributed by atoms with Crippen molar-refractivity contribution in [2.24, 2.45) is 0 Å². The molecule has 3 N–H and O–H groups in total. The molecule has 0 saturated carbocycles. The van der Waals surface area contributed by atoms with Crippen molar-refractivity contribution >= 4 is 62.9 Å². The Hall–Kier alpha value is -4.21. The summed E-state index contributed by atoms with van der Waals surface area (Å²) in [6, 6.07) is 29.0. The monoisotopic (exact) mass is 631 g/mol. The fourth-order valence-corrected chi connectivity index (χ4v) is 5.05. The second kappa shape index (κ2) is 14.4. The summed E-state index contributed by atoms with van der Waals surface area (Å²) in [5.74, 6) is -1.75. The highest BCUT2D eigenvalue weighted by molar-refractivity contribution is 9.10. The van der Waals surface area contributed by atoms with Crippen molar-refractivity contribution < 1.29 is 18.8 Å². The van der Waals surface area contributed by atoms with Crippen LogP contribution in [0.25, 0.3) is 6.08 Å². The SMILES string of the molecule is CCC(Sc1cccc(NC(=O)/C(=C/c2ccc(Br)cc2)NC(=O)c2ccccc2)c1)C(=O)Nc1ccccc1F. The molecule has 9 heteroatoms. The quantitative estimate of drug-likeness (QED) is 0.125. The maximum atomic E-state index is 14.0. The second-order valence-corrected chi connectivity index (χ2v) is 11.1. The van der Waals surface area contributed by atoms with Crippen molar-refractivity contribution in [2.45, 2.75) is 23.5 Å². The zero-order valence-electron chi connectivity index (χ0n) is 22.1. The van der Waals surface area contributed by atoms with Gasteiger partial charge in [0.2, 0.25) is 5.91 Å². The van der Waals surface area contributed by atoms with Crippen LogP contribution < -0.4 is 16.0 Å². The Kier molecular flexibility index (Phi) is 10.5. The minimum atomic E-state index is -0.510. The lowest BCUT2D eigenvalue weighted by molar-refractivity contribution is -0.116. The predicted molar refractivity (Wildman–Crippen MR) is 166 cm³/mol. The number of anilines is 2. The number of para-hydroxylation sites is 1. The van der Waals surface area contributed by atoms with Gasteiger partial charge in [0.15, 0.2) is 0 Å². The van der Waals surface area contributed by atoms with Crippen LogP contribution in [0.1, 0.15) is 29.3 Å². The van der Waals surface area contributed by atoms with Gasteiger partial charge in [-0.2, -0.15) is 0 Å². The van der Waals surface area contributed by atoms with E-state index in [9.17, 15) is 18.8 Å². The first kappa shape index (κ1) is 29.8. The van der Waals surface area contributed by atoms with E-state index in [1.54, 1.807) is 66.7 Å². The van der Waals surface area contributed by atoms with Crippen molar-refractivity contribution in [3.63, 3.8) is 0 Å². The Balaban J connectivity index is 1.50. The first-order chi connectivity index (χ1) is 19.8. The van der Waals surface area contributed by atoms with Crippen LogP contribution in [-0.4, -0.2) is 23.0 Å². The number of hydrogen-bond donors (Lipinski definition) is 3. The molecule has 0 aromatic heterocycles. The van der Waals surface area contributed by atoms with Crippen molar-refractivity contribution in [2.75, 3.05) is 10.6 Å². The summed E-state index contributed by atoms with van der Waals surface area (Å²) in [4.78, 5) is 39.8. The van der Waals surface area contributed by atoms with Crippen molar-refractivity contribution in [1.29, 1.82) is 0 Å². The molecular weight excluding hydrogens is 605 g/mol. The molecule has 6 nitrogen and oxygen atoms in total. The summed E-state index contributed by atoms with van der Waals surface area (Å²) in [7, 11) is 0. The predicted octanol–water partition coefficient (Wildman–Crippen LogP) is 7.51. The molecule has 41 heavy (non-hydrogen) atoms. The van der Waals surface area contributed by atoms with E-state index in [1.807, 2.05) is 37.3 Å². The molecule has 0 aliphatic rings. The van der Waals surface area contributed by atoms with Crippen LogP contribution in [0.5, 0.6) is 0 Å². The van der Waals surface area contributed by atoms with E-state index in [2.05, 4.69) is 31.9 Å². The summed E-state index contributed by atoms with van der Waals surface area (Å²) in [5.41, 5.74) is 1.82. The van der Waals surface area contributed by atoms with E-state index in [1.165, 1.54) is 23.9 Å². The zero-order chi connectivity index (χ0) is 29.2. The van der Waals surface area contributed by atoms with Crippen molar-refractivity contribution in [3.8, 4) is 0 Å². The van der Waals surface area contributed by atoms with E-state index in [0.717, 1.165) is 14.9 Å². The third kappa shape index (κ3) is 8.64. The van der Waals surface area contributed by atoms with Crippen molar-refractivity contribution in [3.05, 3.63) is 130 Å². The van der Waals surface area contributed by atoms with Gasteiger partial charge in [0.25, 0.3) is 11.8 Å². The highest BCUT2D eigenvalue weighted by Crippen LogP contribution is 2.29. The number of carbonyl (C=O) groups excluding carboxylic acids is 3. The maximum absolute atomic E-state index is 14.0. The van der Waals surface area contributed by atoms with Gasteiger partial charge in [-0.25, -0.2) is 4.39 Å². The van der Waals surface area contributed by atoms with Crippen LogP contribution in [0.4, 0.5) is 15.8 Å². The topological polar surface area (TPSA) is 87.3 Å². The highest BCUT2D eigenvalue weighted by atomic mass is 79.9. The summed E-state index contributed by atoms with van der Waals surface area (Å²) in [6.45, 7) is 1.87. The number of benzene rings is 4. The third-order valence-corrected chi connectivity index (χ3v) is 7.76. The molecule has 4 aromatic rings. The van der Waals surface area contributed by atoms with Crippen LogP contribution in [0, 0.1) is 5.82 Å². The molecule has 0 bridgehead atoms. The molecule has 3 amide bonds. The van der Waals surface area contributed by atoms with Crippen LogP contribution in [0.15, 0.2) is 118 Å². The molecule has 208 valence electrons. The average Bonchev–Trinajstić information content (AvgIpc) is 2.98. The molecule has 1 unspecified atom stereocenters. The van der Waals surface area contributed by atoms with Gasteiger partial charge in [-0.1, -0.05) is 71.4 Å². The number of nitrogens with one attached hydrogen (secondary N) is 3. The van der Waals surface area contributed by atoms with Crippen LogP contribution in [0.2, 0.25) is 0 Å². The molecule has 1 atom stereocenters. The van der Waals surface area contributed by atoms with Crippen molar-refractivity contribution in [1.82, 2.24) is 5.32 Å². The highest BCUT2D eigenvalue weighted by Gasteiger charge is 2.20. The minimum Gasteiger partial charge on any atom is -0.323 e. The zero-order valence-corrected chi connectivity index (χ0v) is 24.5. The Labute approximate surface area is 250 Å². The fourth-order valence-electron chi connectivity index (χ4n) is 3.78. The minimum absolute atomic E-state index is 0.0648. The summed E-state index contributed by atoms with van der Waals surface area (Å²) < 4.78 is 14.9. The summed E-state index contributed by atoms with van der Waals surface area (Å²) in [6.07, 6.45) is 2.11. The summed E-state index contributed by atoms with van der Waals surface area (Å²) in [5, 5.41) is 7.73. The fraction of sp³-hybridized carbons (Fsp3) is 0.0938. The van der Waals surface area contributed by atoms with E-state index in [-0.39, 0.29) is 17.3 Å². The number of thioether (sulfide) groups is 1. The first-order valence-corrected chi connectivity index (χ1v) is 14.5. The normalized spacial score (nSPS) is 11.8. The lowest BCUT2D eigenvalue weighted by atomic mass is 10.1. The van der Waals surface area contributed by atoms with E-state index in [0.29, 0.717) is 17.7 Å². The Morgan fingerprint density at radius 2 is 1.59 bits per heavy atom. The van der Waals surface area contributed by atoms with E-state index >= 15 is 0 Å². The molecule has 0 saturated heterocycles. The van der Waals surface area contributed by atoms with Gasteiger partial charge in [0, 0.05) is 20.6 Å². The number of carbonyl (C=O) groups is 3. The Morgan fingerprint density at radius 1 is 0.878 bits per heavy atom. The van der Waals surface area contributed by atoms with Gasteiger partial charge in [0.1, 0.15) is 11.5 Å². The molecule has 0 fully saturated rings. The van der Waals surface area contributed by atoms with Gasteiger partial charge in [-0.05, 0) is 72.7 Å². The first-order valence-electron chi connectivity index (χ1n) is 12.8. The summed E-state index contributed by atoms with van der Waals surface area (Å²) >= 11 is 4.71. The number of amides is 3. The van der Waals surface area contributed by atoms with Gasteiger partial charge < -0.3 is 16.0 Å². The maximum Gasteiger partial charge on any atom is 0.272 e. The third-order valence-electron chi connectivity index (χ3n) is 5.88. The van der Waals surface area contributed by atoms with Crippen LogP contribution >= 0.6 is 27.7 Å². The number of hydrogen-bond acceptors (Lipinski definition) is 4. The van der Waals surface area contributed by atoms with Gasteiger partial charge in [-0.15, -0.1) is 11.8 Å². The van der Waals surface area contributed by atoms with Crippen LogP contribution in [-0.2, 0) is 9.59 Å². The average molecular weight is 633 g/mol. The number of halogens is 2. The van der Waals surface area contributed by atoms with E-state index in [4.69, 9.17) is 0 Å². The molecule has 0 aliphatic carbocycles. The smallest absolute Gasteiger partial charge is 0.272 e. The van der Waals surface area contributed by atoms with Gasteiger partial charge in [-0.3, -0.25) is 14.4 Å². The van der Waals surface area contributed by atoms with E-state index < -0.39 is 22.9 Å². The molecule has 4 rings (SSSR count). The Bertz CT molecular complexity index is 1560. The van der Waals surface area contributed by atoms with Gasteiger partial charge >= 0.3 is 0 Å². The molecular formula is C32H27BrFN3O3S. The molecule has 0 aliphatic heterocycles. The number of rotatable bonds is 10. The molecule has 4 aromatic carbocycles. The lowest BCUT2D eigenvalue weighted by Crippen LogP contribution is -2.30. The molecule has 0 radical (unpaired) electrons. The molecule has 0 heterocycles. The lowest BCUT2D eigenvalue weighted by Gasteiger charge is -2.16. The Morgan fingerprint density at radius 3 is 2.29 bits per heavy atom. The largest absolute Gasteiger partial charge is 0.323 e. The molecule has 0 spiro atoms.